The molecule has 0 aliphatic carbocycles. The van der Waals surface area contributed by atoms with E-state index in [1.807, 2.05) is 12.1 Å². The fourth-order valence-corrected chi connectivity index (χ4v) is 3.02. The van der Waals surface area contributed by atoms with E-state index in [-0.39, 0.29) is 5.91 Å². The average molecular weight is 324 g/mol. The average Bonchev–Trinajstić information content (AvgIpc) is 2.82. The summed E-state index contributed by atoms with van der Waals surface area (Å²) in [6.07, 6.45) is 4.46. The van der Waals surface area contributed by atoms with Gasteiger partial charge >= 0.3 is 0 Å². The molecular formula is C19H24N4O. The van der Waals surface area contributed by atoms with Crippen molar-refractivity contribution in [1.82, 2.24) is 14.8 Å². The highest BCUT2D eigenvalue weighted by Crippen LogP contribution is 2.09. The molecule has 2 aromatic rings. The molecule has 24 heavy (non-hydrogen) atoms. The maximum absolute atomic E-state index is 12.2. The quantitative estimate of drug-likeness (QED) is 0.916. The number of amides is 1. The van der Waals surface area contributed by atoms with Gasteiger partial charge in [0.05, 0.1) is 6.54 Å². The van der Waals surface area contributed by atoms with Gasteiger partial charge in [0, 0.05) is 37.7 Å². The topological polar surface area (TPSA) is 48.5 Å². The number of nitrogens with zero attached hydrogens (tertiary/aromatic N) is 3. The molecule has 1 amide bonds. The third kappa shape index (κ3) is 5.15. The first kappa shape index (κ1) is 16.6. The summed E-state index contributed by atoms with van der Waals surface area (Å²) in [6, 6.07) is 14.2. The Hall–Kier alpha value is -2.24. The number of aromatic nitrogens is 1. The fraction of sp³-hybridized carbons (Fsp3) is 0.368. The van der Waals surface area contributed by atoms with E-state index in [0.29, 0.717) is 6.54 Å². The van der Waals surface area contributed by atoms with Gasteiger partial charge in [0.2, 0.25) is 5.91 Å². The Morgan fingerprint density at radius 3 is 2.46 bits per heavy atom. The van der Waals surface area contributed by atoms with E-state index in [1.165, 1.54) is 5.56 Å². The Bertz CT molecular complexity index is 632. The lowest BCUT2D eigenvalue weighted by Gasteiger charge is -2.21. The molecule has 5 nitrogen and oxygen atoms in total. The molecule has 1 N–H and O–H groups in total. The van der Waals surface area contributed by atoms with Crippen LogP contribution < -0.4 is 5.32 Å². The van der Waals surface area contributed by atoms with Crippen LogP contribution in [0, 0.1) is 0 Å². The largest absolute Gasteiger partial charge is 0.325 e. The van der Waals surface area contributed by atoms with Crippen molar-refractivity contribution in [2.24, 2.45) is 0 Å². The molecule has 0 saturated carbocycles. The van der Waals surface area contributed by atoms with Crippen molar-refractivity contribution in [2.45, 2.75) is 13.0 Å². The molecule has 1 saturated heterocycles. The highest BCUT2D eigenvalue weighted by molar-refractivity contribution is 5.92. The smallest absolute Gasteiger partial charge is 0.238 e. The Morgan fingerprint density at radius 1 is 0.958 bits per heavy atom. The Balaban J connectivity index is 1.46. The van der Waals surface area contributed by atoms with E-state index < -0.39 is 0 Å². The number of carbonyl (C=O) groups is 1. The van der Waals surface area contributed by atoms with Crippen LogP contribution in [-0.4, -0.2) is 53.4 Å². The summed E-state index contributed by atoms with van der Waals surface area (Å²) < 4.78 is 0. The molecule has 1 aromatic heterocycles. The van der Waals surface area contributed by atoms with Crippen molar-refractivity contribution in [2.75, 3.05) is 38.0 Å². The molecule has 3 rings (SSSR count). The summed E-state index contributed by atoms with van der Waals surface area (Å²) in [5.74, 6) is 0.0395. The number of carbonyl (C=O) groups excluding carboxylic acids is 1. The van der Waals surface area contributed by atoms with Crippen LogP contribution in [-0.2, 0) is 11.3 Å². The van der Waals surface area contributed by atoms with E-state index in [4.69, 9.17) is 0 Å². The van der Waals surface area contributed by atoms with Gasteiger partial charge in [-0.1, -0.05) is 30.3 Å². The number of rotatable bonds is 5. The number of benzene rings is 1. The highest BCUT2D eigenvalue weighted by atomic mass is 16.2. The maximum atomic E-state index is 12.2. The second-order valence-electron chi connectivity index (χ2n) is 6.18. The van der Waals surface area contributed by atoms with Crippen LogP contribution in [0.4, 0.5) is 5.69 Å². The molecule has 0 spiro atoms. The molecule has 1 aliphatic rings. The second-order valence-corrected chi connectivity index (χ2v) is 6.18. The molecule has 1 fully saturated rings. The summed E-state index contributed by atoms with van der Waals surface area (Å²) in [5.41, 5.74) is 2.15. The van der Waals surface area contributed by atoms with Crippen LogP contribution in [0.3, 0.4) is 0 Å². The van der Waals surface area contributed by atoms with E-state index in [1.54, 1.807) is 12.4 Å². The van der Waals surface area contributed by atoms with Crippen molar-refractivity contribution < 1.29 is 4.79 Å². The number of hydrogen-bond donors (Lipinski definition) is 1. The van der Waals surface area contributed by atoms with Gasteiger partial charge in [-0.2, -0.15) is 0 Å². The zero-order valence-electron chi connectivity index (χ0n) is 13.9. The SMILES string of the molecule is O=C(CN1CCCN(Cc2ccccc2)CC1)Nc1ccncc1. The third-order valence-electron chi connectivity index (χ3n) is 4.26. The maximum Gasteiger partial charge on any atom is 0.238 e. The van der Waals surface area contributed by atoms with Crippen LogP contribution in [0.2, 0.25) is 0 Å². The van der Waals surface area contributed by atoms with Gasteiger partial charge in [0.25, 0.3) is 0 Å². The minimum Gasteiger partial charge on any atom is -0.325 e. The first-order chi connectivity index (χ1) is 11.8. The van der Waals surface area contributed by atoms with Crippen LogP contribution in [0.5, 0.6) is 0 Å². The lowest BCUT2D eigenvalue weighted by molar-refractivity contribution is -0.117. The molecule has 0 atom stereocenters. The Morgan fingerprint density at radius 2 is 1.67 bits per heavy atom. The molecule has 1 aliphatic heterocycles. The molecule has 0 bridgehead atoms. The van der Waals surface area contributed by atoms with Gasteiger partial charge in [-0.3, -0.25) is 19.6 Å². The number of hydrogen-bond acceptors (Lipinski definition) is 4. The first-order valence-electron chi connectivity index (χ1n) is 8.48. The second kappa shape index (κ2) is 8.57. The van der Waals surface area contributed by atoms with Crippen molar-refractivity contribution in [3.63, 3.8) is 0 Å². The van der Waals surface area contributed by atoms with Gasteiger partial charge in [0.1, 0.15) is 0 Å². The van der Waals surface area contributed by atoms with Crippen molar-refractivity contribution in [3.05, 3.63) is 60.4 Å². The fourth-order valence-electron chi connectivity index (χ4n) is 3.02. The summed E-state index contributed by atoms with van der Waals surface area (Å²) in [6.45, 7) is 5.40. The molecule has 5 heteroatoms. The predicted molar refractivity (Wildman–Crippen MR) is 95.6 cm³/mol. The van der Waals surface area contributed by atoms with Gasteiger partial charge in [-0.15, -0.1) is 0 Å². The summed E-state index contributed by atoms with van der Waals surface area (Å²) in [4.78, 5) is 20.8. The minimum atomic E-state index is 0.0395. The van der Waals surface area contributed by atoms with E-state index in [0.717, 1.165) is 44.8 Å². The van der Waals surface area contributed by atoms with Gasteiger partial charge < -0.3 is 5.32 Å². The monoisotopic (exact) mass is 324 g/mol. The van der Waals surface area contributed by atoms with Crippen molar-refractivity contribution in [1.29, 1.82) is 0 Å². The molecule has 1 aromatic carbocycles. The third-order valence-corrected chi connectivity index (χ3v) is 4.26. The van der Waals surface area contributed by atoms with E-state index in [9.17, 15) is 4.79 Å². The van der Waals surface area contributed by atoms with E-state index >= 15 is 0 Å². The lowest BCUT2D eigenvalue weighted by Crippen LogP contribution is -2.36. The lowest BCUT2D eigenvalue weighted by atomic mass is 10.2. The van der Waals surface area contributed by atoms with E-state index in [2.05, 4.69) is 50.4 Å². The normalized spacial score (nSPS) is 16.5. The number of anilines is 1. The van der Waals surface area contributed by atoms with Crippen LogP contribution in [0.15, 0.2) is 54.9 Å². The molecule has 126 valence electrons. The highest BCUT2D eigenvalue weighted by Gasteiger charge is 2.17. The summed E-state index contributed by atoms with van der Waals surface area (Å²) >= 11 is 0. The van der Waals surface area contributed by atoms with Gasteiger partial charge in [0.15, 0.2) is 0 Å². The zero-order valence-corrected chi connectivity index (χ0v) is 13.9. The van der Waals surface area contributed by atoms with Crippen molar-refractivity contribution in [3.8, 4) is 0 Å². The van der Waals surface area contributed by atoms with Gasteiger partial charge in [-0.05, 0) is 37.2 Å². The standard InChI is InChI=1S/C19H24N4O/c24-19(21-18-7-9-20-10-8-18)16-23-12-4-11-22(13-14-23)15-17-5-2-1-3-6-17/h1-3,5-10H,4,11-16H2,(H,20,21,24). The Kier molecular flexibility index (Phi) is 5.93. The number of pyridine rings is 1. The van der Waals surface area contributed by atoms with Crippen molar-refractivity contribution >= 4 is 11.6 Å². The minimum absolute atomic E-state index is 0.0395. The first-order valence-corrected chi connectivity index (χ1v) is 8.48. The summed E-state index contributed by atoms with van der Waals surface area (Å²) in [7, 11) is 0. The van der Waals surface area contributed by atoms with Crippen LogP contribution >= 0.6 is 0 Å². The predicted octanol–water partition coefficient (Wildman–Crippen LogP) is 2.23. The molecular weight excluding hydrogens is 300 g/mol. The summed E-state index contributed by atoms with van der Waals surface area (Å²) in [5, 5.41) is 2.93. The Labute approximate surface area is 143 Å². The molecule has 0 unspecified atom stereocenters. The number of nitrogens with one attached hydrogen (secondary N) is 1. The van der Waals surface area contributed by atoms with Crippen LogP contribution in [0.1, 0.15) is 12.0 Å². The molecule has 2 heterocycles. The molecule has 0 radical (unpaired) electrons. The van der Waals surface area contributed by atoms with Gasteiger partial charge in [-0.25, -0.2) is 0 Å². The van der Waals surface area contributed by atoms with Crippen LogP contribution in [0.25, 0.3) is 0 Å². The zero-order chi connectivity index (χ0) is 16.6.